The number of rotatable bonds is 8. The summed E-state index contributed by atoms with van der Waals surface area (Å²) in [7, 11) is 1.38. The molecule has 1 N–H and O–H groups in total. The molecule has 0 radical (unpaired) electrons. The smallest absolute Gasteiger partial charge is 0.398 e. The number of hydrogen-bond donors (Lipinski definition) is 1. The van der Waals surface area contributed by atoms with Gasteiger partial charge < -0.3 is 14.8 Å². The van der Waals surface area contributed by atoms with Crippen LogP contribution in [-0.4, -0.2) is 55.7 Å². The second-order valence-electron chi connectivity index (χ2n) is 10.2. The molecule has 42 heavy (non-hydrogen) atoms. The zero-order chi connectivity index (χ0) is 30.2. The number of alkyl halides is 5. The molecular weight excluding hydrogens is 564 g/mol. The predicted molar refractivity (Wildman–Crippen MR) is 143 cm³/mol. The molecule has 2 aromatic heterocycles. The van der Waals surface area contributed by atoms with E-state index in [0.29, 0.717) is 10.9 Å². The van der Waals surface area contributed by atoms with E-state index in [1.54, 1.807) is 19.2 Å². The first kappa shape index (κ1) is 29.2. The van der Waals surface area contributed by atoms with Gasteiger partial charge in [-0.1, -0.05) is 0 Å². The molecule has 0 spiro atoms. The van der Waals surface area contributed by atoms with Gasteiger partial charge in [0.1, 0.15) is 54.4 Å². The zero-order valence-electron chi connectivity index (χ0n) is 22.5. The maximum absolute atomic E-state index is 14.5. The van der Waals surface area contributed by atoms with Crippen molar-refractivity contribution in [2.75, 3.05) is 33.6 Å². The van der Waals surface area contributed by atoms with Crippen LogP contribution >= 0.6 is 0 Å². The molecule has 3 heterocycles. The van der Waals surface area contributed by atoms with Crippen molar-refractivity contribution >= 4 is 16.8 Å². The van der Waals surface area contributed by atoms with Crippen LogP contribution in [0.3, 0.4) is 0 Å². The van der Waals surface area contributed by atoms with E-state index in [4.69, 9.17) is 9.47 Å². The van der Waals surface area contributed by atoms with Crippen molar-refractivity contribution in [3.63, 3.8) is 0 Å². The van der Waals surface area contributed by atoms with Gasteiger partial charge in [0.25, 0.3) is 5.91 Å². The monoisotopic (exact) mass is 589 g/mol. The summed E-state index contributed by atoms with van der Waals surface area (Å²) in [6, 6.07) is 10.3. The molecule has 1 aliphatic heterocycles. The summed E-state index contributed by atoms with van der Waals surface area (Å²) in [5.41, 5.74) is -1.10. The van der Waals surface area contributed by atoms with E-state index < -0.39 is 61.4 Å². The summed E-state index contributed by atoms with van der Waals surface area (Å²) >= 11 is 0. The number of halogens is 6. The number of hydrogen-bond acceptors (Lipinski definition) is 5. The van der Waals surface area contributed by atoms with Crippen LogP contribution in [0, 0.1) is 12.7 Å². The summed E-state index contributed by atoms with van der Waals surface area (Å²) in [5, 5.41) is 2.87. The molecule has 5 rings (SSSR count). The van der Waals surface area contributed by atoms with Crippen molar-refractivity contribution < 1.29 is 40.6 Å². The number of fused-ring (bicyclic) bond motifs is 2. The van der Waals surface area contributed by atoms with Gasteiger partial charge in [-0.25, -0.2) is 18.2 Å². The maximum atomic E-state index is 14.5. The van der Waals surface area contributed by atoms with Crippen LogP contribution < -0.4 is 14.8 Å². The number of aromatic nitrogens is 2. The van der Waals surface area contributed by atoms with Crippen LogP contribution in [0.1, 0.15) is 33.1 Å². The lowest BCUT2D eigenvalue weighted by atomic mass is 9.83. The van der Waals surface area contributed by atoms with Gasteiger partial charge in [-0.2, -0.15) is 13.2 Å². The highest BCUT2D eigenvalue weighted by molar-refractivity contribution is 6.00. The molecule has 1 aliphatic rings. The summed E-state index contributed by atoms with van der Waals surface area (Å²) in [6.45, 7) is -2.03. The molecule has 12 heteroatoms. The molecule has 0 fully saturated rings. The van der Waals surface area contributed by atoms with Crippen molar-refractivity contribution in [1.82, 2.24) is 15.3 Å². The first-order valence-corrected chi connectivity index (χ1v) is 12.8. The van der Waals surface area contributed by atoms with Crippen LogP contribution in [0.5, 0.6) is 11.5 Å². The van der Waals surface area contributed by atoms with Crippen molar-refractivity contribution in [2.45, 2.75) is 24.4 Å². The number of amides is 1. The lowest BCUT2D eigenvalue weighted by Gasteiger charge is -2.24. The SMILES string of the molecule is COc1cc(C(=O)NCC(c2cc3c(c(-c4ccc(F)cc4)n2)OCC3(CF)CF)C(F)(F)F)cc2cc(C)cnc12. The van der Waals surface area contributed by atoms with E-state index in [0.717, 1.165) is 23.8 Å². The Morgan fingerprint density at radius 3 is 2.48 bits per heavy atom. The van der Waals surface area contributed by atoms with Crippen LogP contribution in [-0.2, 0) is 5.41 Å². The summed E-state index contributed by atoms with van der Waals surface area (Å²) in [5.74, 6) is -3.56. The van der Waals surface area contributed by atoms with Crippen LogP contribution in [0.25, 0.3) is 22.2 Å². The average molecular weight is 590 g/mol. The molecule has 0 bridgehead atoms. The highest BCUT2D eigenvalue weighted by Crippen LogP contribution is 2.47. The quantitative estimate of drug-likeness (QED) is 0.241. The van der Waals surface area contributed by atoms with Gasteiger partial charge >= 0.3 is 6.18 Å². The Kier molecular flexibility index (Phi) is 7.74. The largest absolute Gasteiger partial charge is 0.494 e. The Balaban J connectivity index is 1.54. The first-order valence-electron chi connectivity index (χ1n) is 12.8. The van der Waals surface area contributed by atoms with Gasteiger partial charge in [0.15, 0.2) is 0 Å². The standard InChI is InChI=1S/C30H25F6N3O3/c1-16-7-18-8-19(9-24(41-2)25(18)37-11-16)28(40)38-12-22(30(34,35)36)23-10-21-27(42-15-29(21,13-31)14-32)26(39-23)17-3-5-20(33)6-4-17/h3-11,22H,12-15H2,1-2H3,(H,38,40). The third kappa shape index (κ3) is 5.33. The second kappa shape index (κ2) is 11.1. The molecule has 2 aromatic carbocycles. The molecular formula is C30H25F6N3O3. The number of nitrogens with one attached hydrogen (secondary N) is 1. The maximum Gasteiger partial charge on any atom is 0.398 e. The van der Waals surface area contributed by atoms with Crippen LogP contribution in [0.2, 0.25) is 0 Å². The lowest BCUT2D eigenvalue weighted by molar-refractivity contribution is -0.149. The molecule has 6 nitrogen and oxygen atoms in total. The van der Waals surface area contributed by atoms with Gasteiger partial charge in [-0.05, 0) is 61.0 Å². The number of carbonyl (C=O) groups is 1. The molecule has 0 aliphatic carbocycles. The minimum atomic E-state index is -4.91. The number of benzene rings is 2. The number of pyridine rings is 2. The van der Waals surface area contributed by atoms with Gasteiger partial charge in [-0.3, -0.25) is 9.78 Å². The Hall–Kier alpha value is -4.35. The van der Waals surface area contributed by atoms with E-state index in [1.165, 1.54) is 31.4 Å². The summed E-state index contributed by atoms with van der Waals surface area (Å²) in [4.78, 5) is 21.6. The number of aryl methyl sites for hydroxylation is 1. The lowest BCUT2D eigenvalue weighted by Crippen LogP contribution is -2.36. The fourth-order valence-electron chi connectivity index (χ4n) is 4.92. The topological polar surface area (TPSA) is 73.3 Å². The molecule has 4 aromatic rings. The van der Waals surface area contributed by atoms with Crippen LogP contribution in [0.4, 0.5) is 26.3 Å². The summed E-state index contributed by atoms with van der Waals surface area (Å²) in [6.07, 6.45) is -3.29. The Labute approximate surface area is 236 Å². The molecule has 1 atom stereocenters. The third-order valence-electron chi connectivity index (χ3n) is 7.27. The highest BCUT2D eigenvalue weighted by Gasteiger charge is 2.47. The summed E-state index contributed by atoms with van der Waals surface area (Å²) < 4.78 is 96.2. The van der Waals surface area contributed by atoms with Crippen molar-refractivity contribution in [3.8, 4) is 22.8 Å². The minimum Gasteiger partial charge on any atom is -0.494 e. The molecule has 0 saturated carbocycles. The van der Waals surface area contributed by atoms with E-state index in [2.05, 4.69) is 15.3 Å². The normalized spacial score (nSPS) is 14.8. The van der Waals surface area contributed by atoms with Crippen LogP contribution in [0.15, 0.2) is 54.7 Å². The number of nitrogens with zero attached hydrogens (tertiary/aromatic N) is 2. The van der Waals surface area contributed by atoms with E-state index in [1.807, 2.05) is 0 Å². The predicted octanol–water partition coefficient (Wildman–Crippen LogP) is 6.40. The Morgan fingerprint density at radius 2 is 1.83 bits per heavy atom. The molecule has 1 unspecified atom stereocenters. The molecule has 220 valence electrons. The van der Waals surface area contributed by atoms with Crippen molar-refractivity contribution in [1.29, 1.82) is 0 Å². The van der Waals surface area contributed by atoms with Gasteiger partial charge in [0, 0.05) is 34.8 Å². The number of methoxy groups -OCH3 is 1. The first-order chi connectivity index (χ1) is 20.0. The van der Waals surface area contributed by atoms with E-state index >= 15 is 0 Å². The molecule has 1 amide bonds. The fourth-order valence-corrected chi connectivity index (χ4v) is 4.92. The second-order valence-corrected chi connectivity index (χ2v) is 10.2. The van der Waals surface area contributed by atoms with Gasteiger partial charge in [0.2, 0.25) is 0 Å². The van der Waals surface area contributed by atoms with Gasteiger partial charge in [0.05, 0.1) is 18.2 Å². The highest BCUT2D eigenvalue weighted by atomic mass is 19.4. The van der Waals surface area contributed by atoms with E-state index in [-0.39, 0.29) is 33.9 Å². The zero-order valence-corrected chi connectivity index (χ0v) is 22.5. The van der Waals surface area contributed by atoms with Gasteiger partial charge in [-0.15, -0.1) is 0 Å². The Morgan fingerprint density at radius 1 is 1.12 bits per heavy atom. The molecule has 0 saturated heterocycles. The number of ether oxygens (including phenoxy) is 2. The third-order valence-corrected chi connectivity index (χ3v) is 7.27. The average Bonchev–Trinajstić information content (AvgIpc) is 3.34. The van der Waals surface area contributed by atoms with Crippen molar-refractivity contribution in [3.05, 3.63) is 82.9 Å². The Bertz CT molecular complexity index is 1640. The minimum absolute atomic E-state index is 0.0452. The number of carbonyl (C=O) groups excluding carboxylic acids is 1. The fraction of sp³-hybridized carbons (Fsp3) is 0.300. The van der Waals surface area contributed by atoms with Crippen molar-refractivity contribution in [2.24, 2.45) is 0 Å². The van der Waals surface area contributed by atoms with E-state index in [9.17, 15) is 31.1 Å².